The van der Waals surface area contributed by atoms with Gasteiger partial charge in [0.1, 0.15) is 6.54 Å². The second kappa shape index (κ2) is 4.40. The van der Waals surface area contributed by atoms with Crippen LogP contribution in [0, 0.1) is 0 Å². The number of aromatic nitrogens is 1. The van der Waals surface area contributed by atoms with Gasteiger partial charge in [0.15, 0.2) is 0 Å². The molecule has 0 saturated heterocycles. The zero-order chi connectivity index (χ0) is 8.81. The molecule has 0 atom stereocenters. The molecule has 1 rings (SSSR count). The third-order valence-corrected chi connectivity index (χ3v) is 1.34. The van der Waals surface area contributed by atoms with Crippen molar-refractivity contribution in [2.75, 3.05) is 0 Å². The zero-order valence-corrected chi connectivity index (χ0v) is 6.51. The Morgan fingerprint density at radius 1 is 1.42 bits per heavy atom. The van der Waals surface area contributed by atoms with Crippen molar-refractivity contribution >= 4 is 0 Å². The molecule has 64 valence electrons. The van der Waals surface area contributed by atoms with Crippen molar-refractivity contribution in [2.24, 2.45) is 16.2 Å². The Morgan fingerprint density at radius 3 is 2.83 bits per heavy atom. The number of nitrogens with two attached hydrogens (primary N) is 1. The van der Waals surface area contributed by atoms with Crippen molar-refractivity contribution in [3.05, 3.63) is 29.6 Å². The molecular formula is C7H10N4O. The van der Waals surface area contributed by atoms with E-state index >= 15 is 0 Å². The van der Waals surface area contributed by atoms with Crippen LogP contribution in [-0.4, -0.2) is 10.1 Å². The Hall–Kier alpha value is -1.49. The summed E-state index contributed by atoms with van der Waals surface area (Å²) >= 11 is 0. The summed E-state index contributed by atoms with van der Waals surface area (Å²) in [6.07, 6.45) is 0. The fourth-order valence-corrected chi connectivity index (χ4v) is 0.819. The van der Waals surface area contributed by atoms with E-state index in [0.717, 1.165) is 5.69 Å². The second-order valence-electron chi connectivity index (χ2n) is 2.19. The summed E-state index contributed by atoms with van der Waals surface area (Å²) in [6, 6.07) is 5.34. The summed E-state index contributed by atoms with van der Waals surface area (Å²) < 4.78 is 0. The van der Waals surface area contributed by atoms with Crippen molar-refractivity contribution in [3.63, 3.8) is 0 Å². The number of hydrogen-bond donors (Lipinski definition) is 2. The maximum absolute atomic E-state index is 8.75. The van der Waals surface area contributed by atoms with E-state index in [2.05, 4.69) is 15.3 Å². The quantitative estimate of drug-likeness (QED) is 0.387. The number of nitrogens with zero attached hydrogens (tertiary/aromatic N) is 3. The van der Waals surface area contributed by atoms with E-state index in [1.165, 1.54) is 0 Å². The van der Waals surface area contributed by atoms with Crippen LogP contribution in [0.2, 0.25) is 0 Å². The average molecular weight is 166 g/mol. The number of aliphatic hydroxyl groups excluding tert-OH is 1. The fourth-order valence-electron chi connectivity index (χ4n) is 0.819. The summed E-state index contributed by atoms with van der Waals surface area (Å²) in [6.45, 7) is 0.290. The van der Waals surface area contributed by atoms with Gasteiger partial charge in [0.05, 0.1) is 18.0 Å². The van der Waals surface area contributed by atoms with Crippen LogP contribution in [0.5, 0.6) is 0 Å². The lowest BCUT2D eigenvalue weighted by Gasteiger charge is -1.97. The average Bonchev–Trinajstić information content (AvgIpc) is 2.15. The summed E-state index contributed by atoms with van der Waals surface area (Å²) in [7, 11) is 0. The van der Waals surface area contributed by atoms with Crippen molar-refractivity contribution in [2.45, 2.75) is 13.2 Å². The second-order valence-corrected chi connectivity index (χ2v) is 2.19. The summed E-state index contributed by atoms with van der Waals surface area (Å²) in [5, 5.41) is 15.4. The van der Waals surface area contributed by atoms with Crippen LogP contribution >= 0.6 is 0 Å². The first-order valence-electron chi connectivity index (χ1n) is 3.49. The minimum absolute atomic E-state index is 0.0619. The highest BCUT2D eigenvalue weighted by Crippen LogP contribution is 2.00. The normalized spacial score (nSPS) is 10.8. The van der Waals surface area contributed by atoms with E-state index in [1.54, 1.807) is 18.2 Å². The molecule has 0 aliphatic rings. The number of aliphatic hydroxyl groups is 1. The van der Waals surface area contributed by atoms with Crippen LogP contribution in [0.4, 0.5) is 0 Å². The van der Waals surface area contributed by atoms with Gasteiger partial charge in [-0.1, -0.05) is 11.3 Å². The lowest BCUT2D eigenvalue weighted by molar-refractivity contribution is 0.276. The summed E-state index contributed by atoms with van der Waals surface area (Å²) in [5.41, 5.74) is 1.37. The molecule has 0 aliphatic heterocycles. The van der Waals surface area contributed by atoms with Gasteiger partial charge in [-0.25, -0.2) is 0 Å². The molecule has 3 N–H and O–H groups in total. The number of hydrogen-bond acceptors (Lipinski definition) is 4. The van der Waals surface area contributed by atoms with Crippen molar-refractivity contribution in [1.29, 1.82) is 0 Å². The van der Waals surface area contributed by atoms with Gasteiger partial charge in [-0.2, -0.15) is 5.11 Å². The predicted octanol–water partition coefficient (Wildman–Crippen LogP) is 0.400. The van der Waals surface area contributed by atoms with E-state index in [9.17, 15) is 0 Å². The molecule has 0 fully saturated rings. The molecule has 5 nitrogen and oxygen atoms in total. The Balaban J connectivity index is 2.72. The third kappa shape index (κ3) is 2.28. The molecule has 0 spiro atoms. The molecule has 5 heteroatoms. The Labute approximate surface area is 69.9 Å². The monoisotopic (exact) mass is 166 g/mol. The highest BCUT2D eigenvalue weighted by molar-refractivity contribution is 5.10. The van der Waals surface area contributed by atoms with Gasteiger partial charge in [0.25, 0.3) is 0 Å². The number of pyridine rings is 1. The minimum atomic E-state index is -0.0619. The van der Waals surface area contributed by atoms with E-state index < -0.39 is 0 Å². The Kier molecular flexibility index (Phi) is 3.16. The van der Waals surface area contributed by atoms with E-state index in [0.29, 0.717) is 12.2 Å². The summed E-state index contributed by atoms with van der Waals surface area (Å²) in [5.74, 6) is 4.83. The van der Waals surface area contributed by atoms with Gasteiger partial charge in [0.2, 0.25) is 0 Å². The third-order valence-electron chi connectivity index (χ3n) is 1.34. The van der Waals surface area contributed by atoms with Gasteiger partial charge in [-0.15, -0.1) is 0 Å². The van der Waals surface area contributed by atoms with Crippen LogP contribution in [0.25, 0.3) is 0 Å². The van der Waals surface area contributed by atoms with Gasteiger partial charge in [-0.3, -0.25) is 4.98 Å². The molecule has 0 bridgehead atoms. The van der Waals surface area contributed by atoms with Crippen LogP contribution in [0.3, 0.4) is 0 Å². The molecule has 0 aliphatic carbocycles. The van der Waals surface area contributed by atoms with Gasteiger partial charge < -0.3 is 10.9 Å². The Bertz CT molecular complexity index is 274. The smallest absolute Gasteiger partial charge is 0.104 e. The largest absolute Gasteiger partial charge is 0.390 e. The molecule has 0 saturated carbocycles. The molecule has 0 amide bonds. The maximum Gasteiger partial charge on any atom is 0.104 e. The highest BCUT2D eigenvalue weighted by atomic mass is 16.3. The first-order chi connectivity index (χ1) is 5.86. The highest BCUT2D eigenvalue weighted by Gasteiger charge is 1.94. The van der Waals surface area contributed by atoms with Crippen molar-refractivity contribution < 1.29 is 5.11 Å². The van der Waals surface area contributed by atoms with Crippen molar-refractivity contribution in [1.82, 2.24) is 4.98 Å². The topological polar surface area (TPSA) is 83.9 Å². The molecule has 0 radical (unpaired) electrons. The molecule has 1 aromatic rings. The SMILES string of the molecule is NN=NCc1cccc(CO)n1. The first kappa shape index (κ1) is 8.61. The minimum Gasteiger partial charge on any atom is -0.390 e. The van der Waals surface area contributed by atoms with Crippen LogP contribution in [0.1, 0.15) is 11.4 Å². The summed E-state index contributed by atoms with van der Waals surface area (Å²) in [4.78, 5) is 4.07. The fraction of sp³-hybridized carbons (Fsp3) is 0.286. The molecule has 0 unspecified atom stereocenters. The molecular weight excluding hydrogens is 156 g/mol. The lowest BCUT2D eigenvalue weighted by Crippen LogP contribution is -1.93. The zero-order valence-electron chi connectivity index (χ0n) is 6.51. The van der Waals surface area contributed by atoms with Crippen LogP contribution in [-0.2, 0) is 13.2 Å². The van der Waals surface area contributed by atoms with Crippen LogP contribution < -0.4 is 5.84 Å². The molecule has 0 aromatic carbocycles. The first-order valence-corrected chi connectivity index (χ1v) is 3.49. The van der Waals surface area contributed by atoms with E-state index in [-0.39, 0.29) is 6.61 Å². The van der Waals surface area contributed by atoms with Crippen molar-refractivity contribution in [3.8, 4) is 0 Å². The van der Waals surface area contributed by atoms with Gasteiger partial charge >= 0.3 is 0 Å². The molecule has 1 aromatic heterocycles. The Morgan fingerprint density at radius 2 is 2.17 bits per heavy atom. The van der Waals surface area contributed by atoms with E-state index in [4.69, 9.17) is 10.9 Å². The van der Waals surface area contributed by atoms with Gasteiger partial charge in [-0.05, 0) is 12.1 Å². The lowest BCUT2D eigenvalue weighted by atomic mass is 10.3. The van der Waals surface area contributed by atoms with Crippen LogP contribution in [0.15, 0.2) is 28.5 Å². The number of rotatable bonds is 3. The predicted molar refractivity (Wildman–Crippen MR) is 42.9 cm³/mol. The maximum atomic E-state index is 8.75. The standard InChI is InChI=1S/C7H10N4O/c8-11-9-4-6-2-1-3-7(5-12)10-6/h1-3,12H,4-5H2,(H2,8,9). The van der Waals surface area contributed by atoms with E-state index in [1.807, 2.05) is 0 Å². The molecule has 12 heavy (non-hydrogen) atoms. The molecule has 1 heterocycles. The van der Waals surface area contributed by atoms with Gasteiger partial charge in [0, 0.05) is 0 Å².